The van der Waals surface area contributed by atoms with Crippen LogP contribution in [0.1, 0.15) is 0 Å². The molecular weight excluding hydrogens is 88.2 g/mol. The van der Waals surface area contributed by atoms with E-state index in [2.05, 4.69) is 5.38 Å². The highest BCUT2D eigenvalue weighted by Gasteiger charge is 1.62. The van der Waals surface area contributed by atoms with Gasteiger partial charge in [-0.3, -0.25) is 0 Å². The Bertz CT molecular complexity index is 45.8. The molecule has 21 valence electrons. The summed E-state index contributed by atoms with van der Waals surface area (Å²) in [5.74, 6) is 0. The zero-order chi connectivity index (χ0) is 2.83. The van der Waals surface area contributed by atoms with Crippen molar-refractivity contribution in [1.82, 2.24) is 0 Å². The SMILES string of the molecule is [c]1css1. The summed E-state index contributed by atoms with van der Waals surface area (Å²) < 4.78 is 0. The van der Waals surface area contributed by atoms with Crippen LogP contribution < -0.4 is 0 Å². The van der Waals surface area contributed by atoms with Crippen LogP contribution in [0.3, 0.4) is 0 Å². The summed E-state index contributed by atoms with van der Waals surface area (Å²) in [6, 6.07) is 0. The van der Waals surface area contributed by atoms with E-state index in [0.717, 1.165) is 0 Å². The monoisotopic (exact) mass is 89.0 g/mol. The minimum absolute atomic E-state index is 1.65. The van der Waals surface area contributed by atoms with Crippen molar-refractivity contribution in [3.8, 4) is 0 Å². The van der Waals surface area contributed by atoms with E-state index in [0.29, 0.717) is 0 Å². The Kier molecular flexibility index (Phi) is 0.523. The van der Waals surface area contributed by atoms with E-state index in [1.807, 2.05) is 5.38 Å². The molecule has 0 amide bonds. The van der Waals surface area contributed by atoms with Crippen molar-refractivity contribution in [2.24, 2.45) is 0 Å². The minimum Gasteiger partial charge on any atom is -0.0865 e. The lowest BCUT2D eigenvalue weighted by molar-refractivity contribution is 2.29. The Balaban J connectivity index is 3.00. The molecule has 4 heavy (non-hydrogen) atoms. The molecular formula is C2HS2. The lowest BCUT2D eigenvalue weighted by Gasteiger charge is -1.65. The van der Waals surface area contributed by atoms with Gasteiger partial charge in [0.05, 0.1) is 5.38 Å². The predicted molar refractivity (Wildman–Crippen MR) is 21.0 cm³/mol. The van der Waals surface area contributed by atoms with Crippen molar-refractivity contribution in [3.05, 3.63) is 10.8 Å². The fourth-order valence-electron chi connectivity index (χ4n) is 0.0481. The Morgan fingerprint density at radius 2 is 2.00 bits per heavy atom. The molecule has 1 aromatic heterocycles. The first-order chi connectivity index (χ1) is 2.00. The summed E-state index contributed by atoms with van der Waals surface area (Å²) in [6.45, 7) is 0. The summed E-state index contributed by atoms with van der Waals surface area (Å²) in [6.07, 6.45) is 0. The van der Waals surface area contributed by atoms with Crippen LogP contribution in [0.2, 0.25) is 0 Å². The molecule has 2 heteroatoms. The Morgan fingerprint density at radius 3 is 2.00 bits per heavy atom. The molecule has 0 bridgehead atoms. The molecule has 0 saturated heterocycles. The van der Waals surface area contributed by atoms with Gasteiger partial charge in [0.15, 0.2) is 0 Å². The van der Waals surface area contributed by atoms with E-state index in [4.69, 9.17) is 0 Å². The highest BCUT2D eigenvalue weighted by molar-refractivity contribution is 7.69. The summed E-state index contributed by atoms with van der Waals surface area (Å²) in [5.41, 5.74) is 0. The van der Waals surface area contributed by atoms with Crippen LogP contribution >= 0.6 is 20.7 Å². The molecule has 0 aliphatic heterocycles. The average Bonchev–Trinajstić information content (AvgIpc) is 0.722. The molecule has 0 N–H and O–H groups in total. The maximum absolute atomic E-state index is 2.87. The zero-order valence-corrected chi connectivity index (χ0v) is 3.53. The van der Waals surface area contributed by atoms with Gasteiger partial charge in [-0.2, -0.15) is 0 Å². The predicted octanol–water partition coefficient (Wildman–Crippen LogP) is 1.61. The number of hydrogen-bond donors (Lipinski definition) is 0. The zero-order valence-electron chi connectivity index (χ0n) is 1.89. The maximum Gasteiger partial charge on any atom is 0.0673 e. The second-order valence-electron chi connectivity index (χ2n) is 0.415. The van der Waals surface area contributed by atoms with E-state index < -0.39 is 0 Å². The van der Waals surface area contributed by atoms with Crippen LogP contribution in [0.4, 0.5) is 0 Å². The summed E-state index contributed by atoms with van der Waals surface area (Å²) in [7, 11) is 3.37. The van der Waals surface area contributed by atoms with E-state index in [1.165, 1.54) is 0 Å². The van der Waals surface area contributed by atoms with Crippen LogP contribution in [0.15, 0.2) is 5.38 Å². The third-order valence-corrected chi connectivity index (χ3v) is 1.73. The lowest BCUT2D eigenvalue weighted by atomic mass is 11.2. The smallest absolute Gasteiger partial charge is 0.0673 e. The first kappa shape index (κ1) is 2.42. The fraction of sp³-hybridized carbons (Fsp3) is 0. The van der Waals surface area contributed by atoms with Gasteiger partial charge in [-0.05, 0) is 0 Å². The topological polar surface area (TPSA) is 0 Å². The van der Waals surface area contributed by atoms with Crippen molar-refractivity contribution in [1.29, 1.82) is 0 Å². The van der Waals surface area contributed by atoms with Gasteiger partial charge < -0.3 is 0 Å². The van der Waals surface area contributed by atoms with Crippen LogP contribution in [-0.4, -0.2) is 0 Å². The van der Waals surface area contributed by atoms with Crippen molar-refractivity contribution >= 4 is 20.7 Å². The van der Waals surface area contributed by atoms with Crippen LogP contribution in [0, 0.1) is 5.38 Å². The van der Waals surface area contributed by atoms with E-state index >= 15 is 0 Å². The van der Waals surface area contributed by atoms with Gasteiger partial charge in [-0.25, -0.2) is 0 Å². The molecule has 0 aliphatic rings. The van der Waals surface area contributed by atoms with Crippen LogP contribution in [0.25, 0.3) is 0 Å². The van der Waals surface area contributed by atoms with Crippen molar-refractivity contribution < 1.29 is 0 Å². The van der Waals surface area contributed by atoms with E-state index in [9.17, 15) is 0 Å². The molecule has 1 aromatic rings. The largest absolute Gasteiger partial charge is 0.0865 e. The van der Waals surface area contributed by atoms with Crippen molar-refractivity contribution in [2.45, 2.75) is 0 Å². The van der Waals surface area contributed by atoms with Gasteiger partial charge in [0.25, 0.3) is 0 Å². The minimum atomic E-state index is 1.65. The normalized spacial score (nSPS) is 8.00. The third-order valence-electron chi connectivity index (χ3n) is 0.192. The Labute approximate surface area is 32.1 Å². The molecule has 0 aromatic carbocycles. The number of rotatable bonds is 0. The summed E-state index contributed by atoms with van der Waals surface area (Å²) >= 11 is 0. The molecule has 1 radical (unpaired) electrons. The molecule has 0 saturated carbocycles. The average molecular weight is 89.2 g/mol. The number of hydrogen-bond acceptors (Lipinski definition) is 2. The molecule has 0 unspecified atom stereocenters. The highest BCUT2D eigenvalue weighted by atomic mass is 32.9. The molecule has 0 atom stereocenters. The molecule has 1 rings (SSSR count). The first-order valence-corrected chi connectivity index (χ1v) is 3.11. The first-order valence-electron chi connectivity index (χ1n) is 0.895. The molecule has 0 fully saturated rings. The van der Waals surface area contributed by atoms with Gasteiger partial charge in [0.1, 0.15) is 0 Å². The Hall–Kier alpha value is 0.180. The maximum atomic E-state index is 2.87. The van der Waals surface area contributed by atoms with Crippen LogP contribution in [0.5, 0.6) is 0 Å². The van der Waals surface area contributed by atoms with Crippen molar-refractivity contribution in [3.63, 3.8) is 0 Å². The molecule has 0 spiro atoms. The van der Waals surface area contributed by atoms with Gasteiger partial charge in [-0.1, -0.05) is 20.7 Å². The molecule has 1 heterocycles. The Morgan fingerprint density at radius 1 is 1.75 bits per heavy atom. The quantitative estimate of drug-likeness (QED) is 0.423. The lowest BCUT2D eigenvalue weighted by Crippen LogP contribution is -1.30. The van der Waals surface area contributed by atoms with Crippen LogP contribution in [-0.2, 0) is 0 Å². The fourth-order valence-corrected chi connectivity index (χ4v) is 0.433. The van der Waals surface area contributed by atoms with Gasteiger partial charge >= 0.3 is 0 Å². The standard InChI is InChI=1S/C2HS2/c1-2-4-3-1/h1H. The van der Waals surface area contributed by atoms with Gasteiger partial charge in [0, 0.05) is 5.38 Å². The molecule has 0 nitrogen and oxygen atoms in total. The second-order valence-corrected chi connectivity index (χ2v) is 2.32. The van der Waals surface area contributed by atoms with E-state index in [-0.39, 0.29) is 0 Å². The third kappa shape index (κ3) is 0.174. The summed E-state index contributed by atoms with van der Waals surface area (Å²) in [4.78, 5) is 0. The molecule has 0 aliphatic carbocycles. The van der Waals surface area contributed by atoms with Gasteiger partial charge in [0.2, 0.25) is 0 Å². The second kappa shape index (κ2) is 0.865. The van der Waals surface area contributed by atoms with E-state index in [1.54, 1.807) is 20.7 Å². The highest BCUT2D eigenvalue weighted by Crippen LogP contribution is 2.04. The van der Waals surface area contributed by atoms with Crippen molar-refractivity contribution in [2.75, 3.05) is 0 Å². The van der Waals surface area contributed by atoms with Gasteiger partial charge in [-0.15, -0.1) is 0 Å². The summed E-state index contributed by atoms with van der Waals surface area (Å²) in [5, 5.41) is 4.80.